The highest BCUT2D eigenvalue weighted by Crippen LogP contribution is 2.20. The Kier molecular flexibility index (Phi) is 2.87. The second kappa shape index (κ2) is 3.72. The van der Waals surface area contributed by atoms with Crippen molar-refractivity contribution in [2.45, 2.75) is 26.3 Å². The highest BCUT2D eigenvalue weighted by Gasteiger charge is 2.15. The molecule has 0 radical (unpaired) electrons. The van der Waals surface area contributed by atoms with Gasteiger partial charge in [-0.3, -0.25) is 4.68 Å². The average Bonchev–Trinajstić information content (AvgIpc) is 2.48. The molecule has 3 heteroatoms. The molecule has 0 spiro atoms. The van der Waals surface area contributed by atoms with E-state index < -0.39 is 0 Å². The molecule has 1 aromatic rings. The molecule has 2 atom stereocenters. The zero-order valence-corrected chi connectivity index (χ0v) is 7.99. The van der Waals surface area contributed by atoms with Gasteiger partial charge in [0.2, 0.25) is 0 Å². The van der Waals surface area contributed by atoms with Crippen molar-refractivity contribution in [3.05, 3.63) is 18.0 Å². The van der Waals surface area contributed by atoms with Gasteiger partial charge in [0.25, 0.3) is 0 Å². The lowest BCUT2D eigenvalue weighted by Crippen LogP contribution is -2.21. The van der Waals surface area contributed by atoms with Crippen LogP contribution in [0, 0.1) is 5.92 Å². The number of nitrogens with two attached hydrogens (primary N) is 1. The number of aryl methyl sites for hydroxylation is 1. The largest absolute Gasteiger partial charge is 0.322 e. The van der Waals surface area contributed by atoms with E-state index >= 15 is 0 Å². The van der Waals surface area contributed by atoms with E-state index in [2.05, 4.69) is 18.9 Å². The van der Waals surface area contributed by atoms with Crippen LogP contribution >= 0.6 is 0 Å². The summed E-state index contributed by atoms with van der Waals surface area (Å²) >= 11 is 0. The minimum Gasteiger partial charge on any atom is -0.322 e. The van der Waals surface area contributed by atoms with E-state index in [-0.39, 0.29) is 6.04 Å². The molecule has 0 fully saturated rings. The first-order valence-electron chi connectivity index (χ1n) is 4.40. The number of rotatable bonds is 3. The van der Waals surface area contributed by atoms with Crippen LogP contribution in [0.2, 0.25) is 0 Å². The zero-order chi connectivity index (χ0) is 9.14. The van der Waals surface area contributed by atoms with Gasteiger partial charge in [0, 0.05) is 19.3 Å². The Labute approximate surface area is 73.6 Å². The second-order valence-electron chi connectivity index (χ2n) is 3.29. The normalized spacial score (nSPS) is 16.0. The molecular formula is C9H17N3. The van der Waals surface area contributed by atoms with E-state index in [1.54, 1.807) is 6.20 Å². The van der Waals surface area contributed by atoms with Crippen molar-refractivity contribution >= 4 is 0 Å². The van der Waals surface area contributed by atoms with Crippen molar-refractivity contribution in [2.75, 3.05) is 0 Å². The third-order valence-electron chi connectivity index (χ3n) is 2.46. The molecule has 3 nitrogen and oxygen atoms in total. The molecule has 2 N–H and O–H groups in total. The van der Waals surface area contributed by atoms with Crippen LogP contribution in [0.5, 0.6) is 0 Å². The Morgan fingerprint density at radius 2 is 2.33 bits per heavy atom. The standard InChI is InChI=1S/C9H17N3/c1-4-7(2)9(10)8-5-6-11-12(8)3/h5-7,9H,4,10H2,1-3H3. The lowest BCUT2D eigenvalue weighted by Gasteiger charge is -2.18. The molecule has 1 rings (SSSR count). The molecule has 0 saturated carbocycles. The number of aromatic nitrogens is 2. The fraction of sp³-hybridized carbons (Fsp3) is 0.667. The van der Waals surface area contributed by atoms with Crippen LogP contribution in [0.25, 0.3) is 0 Å². The molecule has 0 aromatic carbocycles. The molecule has 0 bridgehead atoms. The summed E-state index contributed by atoms with van der Waals surface area (Å²) in [6, 6.07) is 2.10. The van der Waals surface area contributed by atoms with E-state index in [1.165, 1.54) is 0 Å². The molecule has 1 aromatic heterocycles. The summed E-state index contributed by atoms with van der Waals surface area (Å²) in [4.78, 5) is 0. The number of hydrogen-bond acceptors (Lipinski definition) is 2. The Morgan fingerprint density at radius 1 is 1.67 bits per heavy atom. The van der Waals surface area contributed by atoms with E-state index in [9.17, 15) is 0 Å². The summed E-state index contributed by atoms with van der Waals surface area (Å²) in [5, 5.41) is 4.09. The van der Waals surface area contributed by atoms with Crippen LogP contribution in [-0.4, -0.2) is 9.78 Å². The van der Waals surface area contributed by atoms with E-state index in [0.29, 0.717) is 5.92 Å². The minimum absolute atomic E-state index is 0.113. The average molecular weight is 167 g/mol. The van der Waals surface area contributed by atoms with Gasteiger partial charge in [-0.1, -0.05) is 20.3 Å². The van der Waals surface area contributed by atoms with Crippen molar-refractivity contribution in [1.29, 1.82) is 0 Å². The fourth-order valence-electron chi connectivity index (χ4n) is 1.26. The van der Waals surface area contributed by atoms with Gasteiger partial charge in [-0.25, -0.2) is 0 Å². The van der Waals surface area contributed by atoms with Gasteiger partial charge >= 0.3 is 0 Å². The van der Waals surface area contributed by atoms with Crippen molar-refractivity contribution in [3.63, 3.8) is 0 Å². The first kappa shape index (κ1) is 9.26. The minimum atomic E-state index is 0.113. The molecule has 1 heterocycles. The monoisotopic (exact) mass is 167 g/mol. The molecule has 0 aliphatic heterocycles. The van der Waals surface area contributed by atoms with Crippen LogP contribution < -0.4 is 5.73 Å². The summed E-state index contributed by atoms with van der Waals surface area (Å²) in [6.07, 6.45) is 2.89. The SMILES string of the molecule is CCC(C)C(N)c1ccnn1C. The predicted molar refractivity (Wildman–Crippen MR) is 49.6 cm³/mol. The van der Waals surface area contributed by atoms with Crippen LogP contribution in [0.3, 0.4) is 0 Å². The summed E-state index contributed by atoms with van der Waals surface area (Å²) in [5.74, 6) is 0.514. The summed E-state index contributed by atoms with van der Waals surface area (Å²) in [5.41, 5.74) is 7.15. The van der Waals surface area contributed by atoms with Gasteiger partial charge in [0.15, 0.2) is 0 Å². The Morgan fingerprint density at radius 3 is 2.75 bits per heavy atom. The first-order valence-corrected chi connectivity index (χ1v) is 4.40. The van der Waals surface area contributed by atoms with Gasteiger partial charge in [0.05, 0.1) is 5.69 Å². The molecule has 0 amide bonds. The zero-order valence-electron chi connectivity index (χ0n) is 7.99. The Hall–Kier alpha value is -0.830. The van der Waals surface area contributed by atoms with Crippen molar-refractivity contribution in [2.24, 2.45) is 18.7 Å². The van der Waals surface area contributed by atoms with Crippen LogP contribution in [-0.2, 0) is 7.05 Å². The topological polar surface area (TPSA) is 43.8 Å². The van der Waals surface area contributed by atoms with E-state index in [0.717, 1.165) is 12.1 Å². The maximum absolute atomic E-state index is 6.03. The first-order chi connectivity index (χ1) is 5.66. The molecule has 2 unspecified atom stereocenters. The maximum atomic E-state index is 6.03. The third kappa shape index (κ3) is 1.67. The molecular weight excluding hydrogens is 150 g/mol. The molecule has 12 heavy (non-hydrogen) atoms. The Bertz CT molecular complexity index is 242. The summed E-state index contributed by atoms with van der Waals surface area (Å²) < 4.78 is 1.84. The van der Waals surface area contributed by atoms with Crippen molar-refractivity contribution in [1.82, 2.24) is 9.78 Å². The smallest absolute Gasteiger partial charge is 0.0550 e. The molecule has 0 aliphatic rings. The Balaban J connectivity index is 2.77. The van der Waals surface area contributed by atoms with Crippen molar-refractivity contribution < 1.29 is 0 Å². The lowest BCUT2D eigenvalue weighted by atomic mass is 9.97. The van der Waals surface area contributed by atoms with Crippen LogP contribution in [0.15, 0.2) is 12.3 Å². The van der Waals surface area contributed by atoms with Gasteiger partial charge in [-0.15, -0.1) is 0 Å². The molecule has 0 aliphatic carbocycles. The number of hydrogen-bond donors (Lipinski definition) is 1. The number of nitrogens with zero attached hydrogens (tertiary/aromatic N) is 2. The highest BCUT2D eigenvalue weighted by atomic mass is 15.3. The van der Waals surface area contributed by atoms with E-state index in [1.807, 2.05) is 17.8 Å². The van der Waals surface area contributed by atoms with Gasteiger partial charge in [-0.05, 0) is 12.0 Å². The highest BCUT2D eigenvalue weighted by molar-refractivity contribution is 5.06. The van der Waals surface area contributed by atoms with Crippen LogP contribution in [0.4, 0.5) is 0 Å². The molecule has 0 saturated heterocycles. The fourth-order valence-corrected chi connectivity index (χ4v) is 1.26. The van der Waals surface area contributed by atoms with Gasteiger partial charge in [0.1, 0.15) is 0 Å². The lowest BCUT2D eigenvalue weighted by molar-refractivity contribution is 0.433. The third-order valence-corrected chi connectivity index (χ3v) is 2.46. The van der Waals surface area contributed by atoms with E-state index in [4.69, 9.17) is 5.73 Å². The quantitative estimate of drug-likeness (QED) is 0.740. The second-order valence-corrected chi connectivity index (χ2v) is 3.29. The summed E-state index contributed by atoms with van der Waals surface area (Å²) in [7, 11) is 1.93. The van der Waals surface area contributed by atoms with Crippen LogP contribution in [0.1, 0.15) is 32.0 Å². The summed E-state index contributed by atoms with van der Waals surface area (Å²) in [6.45, 7) is 4.32. The van der Waals surface area contributed by atoms with Gasteiger partial charge in [-0.2, -0.15) is 5.10 Å². The predicted octanol–water partition coefficient (Wildman–Crippen LogP) is 1.47. The molecule has 68 valence electrons. The van der Waals surface area contributed by atoms with Gasteiger partial charge < -0.3 is 5.73 Å². The maximum Gasteiger partial charge on any atom is 0.0550 e. The van der Waals surface area contributed by atoms with Crippen molar-refractivity contribution in [3.8, 4) is 0 Å².